The summed E-state index contributed by atoms with van der Waals surface area (Å²) < 4.78 is 31.1. The van der Waals surface area contributed by atoms with Gasteiger partial charge in [-0.15, -0.1) is 0 Å². The maximum Gasteiger partial charge on any atom is 0.326 e. The normalized spacial score (nSPS) is 21.0. The molecule has 8 nitrogen and oxygen atoms in total. The Bertz CT molecular complexity index is 1100. The maximum absolute atomic E-state index is 14.1. The second kappa shape index (κ2) is 8.47. The Kier molecular flexibility index (Phi) is 5.49. The van der Waals surface area contributed by atoms with Crippen LogP contribution in [0.1, 0.15) is 48.7 Å². The Hall–Kier alpha value is -3.46. The Labute approximate surface area is 189 Å². The Balaban J connectivity index is 1.27. The SMILES string of the molecule is O=C(CN1C(=O)NC2(CCCC2)C1=O)OCc1cc(F)cc2c1OC(c1ccccc1)OC2. The summed E-state index contributed by atoms with van der Waals surface area (Å²) in [6.45, 7) is -0.631. The van der Waals surface area contributed by atoms with E-state index in [9.17, 15) is 18.8 Å². The van der Waals surface area contributed by atoms with E-state index in [4.69, 9.17) is 14.2 Å². The Morgan fingerprint density at radius 3 is 2.70 bits per heavy atom. The lowest BCUT2D eigenvalue weighted by Gasteiger charge is -2.28. The summed E-state index contributed by atoms with van der Waals surface area (Å²) in [4.78, 5) is 38.3. The van der Waals surface area contributed by atoms with Crippen molar-refractivity contribution in [3.63, 3.8) is 0 Å². The van der Waals surface area contributed by atoms with Crippen LogP contribution in [0, 0.1) is 5.82 Å². The molecule has 1 saturated heterocycles. The van der Waals surface area contributed by atoms with Gasteiger partial charge < -0.3 is 19.5 Å². The molecule has 1 N–H and O–H groups in total. The number of amides is 3. The number of rotatable bonds is 5. The fourth-order valence-corrected chi connectivity index (χ4v) is 4.63. The lowest BCUT2D eigenvalue weighted by atomic mass is 9.98. The zero-order valence-corrected chi connectivity index (χ0v) is 17.8. The first-order chi connectivity index (χ1) is 15.9. The molecule has 172 valence electrons. The second-order valence-corrected chi connectivity index (χ2v) is 8.50. The number of urea groups is 1. The fourth-order valence-electron chi connectivity index (χ4n) is 4.63. The number of fused-ring (bicyclic) bond motifs is 1. The van der Waals surface area contributed by atoms with Gasteiger partial charge in [-0.25, -0.2) is 9.18 Å². The number of imide groups is 1. The minimum absolute atomic E-state index is 0.137. The van der Waals surface area contributed by atoms with Gasteiger partial charge in [-0.05, 0) is 25.0 Å². The zero-order chi connectivity index (χ0) is 23.0. The smallest absolute Gasteiger partial charge is 0.326 e. The highest BCUT2D eigenvalue weighted by Crippen LogP contribution is 2.37. The standard InChI is InChI=1S/C24H23FN2O6/c25-18-10-16(20-17(11-18)14-32-21(33-20)15-6-2-1-3-7-15)13-31-19(28)12-27-22(29)24(26-23(27)30)8-4-5-9-24/h1-3,6-7,10-11,21H,4-5,8-9,12-14H2,(H,26,30). The summed E-state index contributed by atoms with van der Waals surface area (Å²) >= 11 is 0. The van der Waals surface area contributed by atoms with Gasteiger partial charge in [0.05, 0.1) is 6.61 Å². The number of hydrogen-bond acceptors (Lipinski definition) is 6. The van der Waals surface area contributed by atoms with Crippen LogP contribution in [0.5, 0.6) is 5.75 Å². The topological polar surface area (TPSA) is 94.2 Å². The third kappa shape index (κ3) is 4.04. The lowest BCUT2D eigenvalue weighted by Crippen LogP contribution is -2.44. The van der Waals surface area contributed by atoms with Gasteiger partial charge in [-0.2, -0.15) is 0 Å². The maximum atomic E-state index is 14.1. The van der Waals surface area contributed by atoms with Crippen molar-refractivity contribution in [3.05, 3.63) is 65.0 Å². The summed E-state index contributed by atoms with van der Waals surface area (Å²) in [5.41, 5.74) is 0.756. The monoisotopic (exact) mass is 454 g/mol. The number of benzene rings is 2. The molecule has 0 aromatic heterocycles. The quantitative estimate of drug-likeness (QED) is 0.550. The average molecular weight is 454 g/mol. The van der Waals surface area contributed by atoms with Crippen LogP contribution in [0.2, 0.25) is 0 Å². The van der Waals surface area contributed by atoms with E-state index < -0.39 is 42.1 Å². The third-order valence-electron chi connectivity index (χ3n) is 6.27. The van der Waals surface area contributed by atoms with Gasteiger partial charge in [0, 0.05) is 16.7 Å². The van der Waals surface area contributed by atoms with Crippen LogP contribution in [-0.4, -0.2) is 34.9 Å². The van der Waals surface area contributed by atoms with Gasteiger partial charge in [-0.1, -0.05) is 43.2 Å². The summed E-state index contributed by atoms with van der Waals surface area (Å²) in [5.74, 6) is -1.28. The van der Waals surface area contributed by atoms with Gasteiger partial charge in [0.1, 0.15) is 30.3 Å². The summed E-state index contributed by atoms with van der Waals surface area (Å²) in [7, 11) is 0. The van der Waals surface area contributed by atoms with Crippen LogP contribution < -0.4 is 10.1 Å². The number of halogens is 1. The summed E-state index contributed by atoms with van der Waals surface area (Å²) in [6, 6.07) is 11.3. The number of ether oxygens (including phenoxy) is 3. The molecule has 1 unspecified atom stereocenters. The molecule has 5 rings (SSSR count). The number of hydrogen-bond donors (Lipinski definition) is 1. The molecule has 2 fully saturated rings. The molecule has 3 aliphatic rings. The minimum atomic E-state index is -0.890. The van der Waals surface area contributed by atoms with E-state index in [0.717, 1.165) is 23.3 Å². The van der Waals surface area contributed by atoms with E-state index in [1.165, 1.54) is 12.1 Å². The molecule has 9 heteroatoms. The van der Waals surface area contributed by atoms with Crippen molar-refractivity contribution < 1.29 is 33.0 Å². The van der Waals surface area contributed by atoms with E-state index in [1.807, 2.05) is 30.3 Å². The number of esters is 1. The fraction of sp³-hybridized carbons (Fsp3) is 0.375. The van der Waals surface area contributed by atoms with Crippen LogP contribution in [0.15, 0.2) is 42.5 Å². The third-order valence-corrected chi connectivity index (χ3v) is 6.27. The highest BCUT2D eigenvalue weighted by molar-refractivity contribution is 6.08. The molecule has 2 aromatic rings. The number of nitrogens with zero attached hydrogens (tertiary/aromatic N) is 1. The van der Waals surface area contributed by atoms with Gasteiger partial charge >= 0.3 is 12.0 Å². The van der Waals surface area contributed by atoms with Gasteiger partial charge in [0.2, 0.25) is 6.29 Å². The molecule has 1 aliphatic carbocycles. The first-order valence-corrected chi connectivity index (χ1v) is 10.9. The summed E-state index contributed by atoms with van der Waals surface area (Å²) in [6.07, 6.45) is 2.17. The van der Waals surface area contributed by atoms with E-state index >= 15 is 0 Å². The van der Waals surface area contributed by atoms with E-state index in [-0.39, 0.29) is 13.2 Å². The minimum Gasteiger partial charge on any atom is -0.460 e. The predicted molar refractivity (Wildman–Crippen MR) is 112 cm³/mol. The highest BCUT2D eigenvalue weighted by atomic mass is 19.1. The molecule has 2 heterocycles. The van der Waals surface area contributed by atoms with Gasteiger partial charge in [0.15, 0.2) is 0 Å². The molecule has 33 heavy (non-hydrogen) atoms. The molecule has 2 aromatic carbocycles. The number of carbonyl (C=O) groups is 3. The van der Waals surface area contributed by atoms with Gasteiger partial charge in [0.25, 0.3) is 5.91 Å². The van der Waals surface area contributed by atoms with Crippen molar-refractivity contribution in [1.29, 1.82) is 0 Å². The van der Waals surface area contributed by atoms with Crippen LogP contribution in [0.3, 0.4) is 0 Å². The number of carbonyl (C=O) groups excluding carboxylic acids is 3. The van der Waals surface area contributed by atoms with Crippen molar-refractivity contribution in [2.45, 2.75) is 50.7 Å². The average Bonchev–Trinajstić information content (AvgIpc) is 3.38. The summed E-state index contributed by atoms with van der Waals surface area (Å²) in [5, 5.41) is 2.72. The van der Waals surface area contributed by atoms with Crippen molar-refractivity contribution in [2.24, 2.45) is 0 Å². The Morgan fingerprint density at radius 1 is 1.18 bits per heavy atom. The van der Waals surface area contributed by atoms with Gasteiger partial charge in [-0.3, -0.25) is 14.5 Å². The second-order valence-electron chi connectivity index (χ2n) is 8.50. The highest BCUT2D eigenvalue weighted by Gasteiger charge is 2.52. The van der Waals surface area contributed by atoms with Crippen LogP contribution >= 0.6 is 0 Å². The predicted octanol–water partition coefficient (Wildman–Crippen LogP) is 3.34. The van der Waals surface area contributed by atoms with Crippen LogP contribution in [0.4, 0.5) is 9.18 Å². The van der Waals surface area contributed by atoms with E-state index in [0.29, 0.717) is 29.7 Å². The van der Waals surface area contributed by atoms with Crippen molar-refractivity contribution in [1.82, 2.24) is 10.2 Å². The van der Waals surface area contributed by atoms with Crippen molar-refractivity contribution in [2.75, 3.05) is 6.54 Å². The van der Waals surface area contributed by atoms with E-state index in [2.05, 4.69) is 5.32 Å². The molecule has 1 saturated carbocycles. The molecule has 0 bridgehead atoms. The molecule has 3 amide bonds. The van der Waals surface area contributed by atoms with Crippen molar-refractivity contribution >= 4 is 17.9 Å². The first kappa shape index (κ1) is 21.4. The van der Waals surface area contributed by atoms with E-state index in [1.54, 1.807) is 0 Å². The number of nitrogens with one attached hydrogen (secondary N) is 1. The largest absolute Gasteiger partial charge is 0.460 e. The molecule has 0 radical (unpaired) electrons. The first-order valence-electron chi connectivity index (χ1n) is 10.9. The molecular weight excluding hydrogens is 431 g/mol. The molecule has 2 aliphatic heterocycles. The van der Waals surface area contributed by atoms with Crippen LogP contribution in [-0.2, 0) is 32.3 Å². The lowest BCUT2D eigenvalue weighted by molar-refractivity contribution is -0.149. The zero-order valence-electron chi connectivity index (χ0n) is 17.8. The Morgan fingerprint density at radius 2 is 1.94 bits per heavy atom. The molecule has 1 atom stereocenters. The molecular formula is C24H23FN2O6. The van der Waals surface area contributed by atoms with Crippen molar-refractivity contribution in [3.8, 4) is 5.75 Å². The van der Waals surface area contributed by atoms with Crippen LogP contribution in [0.25, 0.3) is 0 Å². The molecule has 1 spiro atoms.